The minimum absolute atomic E-state index is 0.270. The summed E-state index contributed by atoms with van der Waals surface area (Å²) < 4.78 is 12.7. The molecule has 15 heavy (non-hydrogen) atoms. The van der Waals surface area contributed by atoms with Crippen molar-refractivity contribution in [3.63, 3.8) is 0 Å². The summed E-state index contributed by atoms with van der Waals surface area (Å²) in [6.45, 7) is 0. The van der Waals surface area contributed by atoms with E-state index in [1.54, 1.807) is 24.4 Å². The van der Waals surface area contributed by atoms with Gasteiger partial charge in [-0.3, -0.25) is 0 Å². The largest absolute Gasteiger partial charge is 0.396 e. The Labute approximate surface area is 91.5 Å². The van der Waals surface area contributed by atoms with Crippen molar-refractivity contribution < 1.29 is 4.39 Å². The Morgan fingerprint density at radius 3 is 2.40 bits per heavy atom. The predicted molar refractivity (Wildman–Crippen MR) is 59.1 cm³/mol. The van der Waals surface area contributed by atoms with Crippen molar-refractivity contribution in [2.75, 3.05) is 5.73 Å². The van der Waals surface area contributed by atoms with Crippen LogP contribution in [0.1, 0.15) is 0 Å². The second kappa shape index (κ2) is 3.87. The van der Waals surface area contributed by atoms with Crippen LogP contribution in [0.3, 0.4) is 0 Å². The fourth-order valence-corrected chi connectivity index (χ4v) is 1.37. The van der Waals surface area contributed by atoms with E-state index >= 15 is 0 Å². The molecule has 76 valence electrons. The third-order valence-electron chi connectivity index (χ3n) is 2.04. The van der Waals surface area contributed by atoms with Gasteiger partial charge < -0.3 is 5.73 Å². The van der Waals surface area contributed by atoms with Crippen molar-refractivity contribution in [3.8, 4) is 11.1 Å². The third kappa shape index (κ3) is 2.07. The number of nitrogens with zero attached hydrogens (tertiary/aromatic N) is 1. The normalized spacial score (nSPS) is 10.3. The van der Waals surface area contributed by atoms with E-state index in [1.165, 1.54) is 12.1 Å². The Morgan fingerprint density at radius 1 is 1.13 bits per heavy atom. The Morgan fingerprint density at radius 2 is 1.80 bits per heavy atom. The number of rotatable bonds is 1. The summed E-state index contributed by atoms with van der Waals surface area (Å²) in [7, 11) is 0. The van der Waals surface area contributed by atoms with Crippen LogP contribution in [-0.4, -0.2) is 4.98 Å². The van der Waals surface area contributed by atoms with E-state index in [1.807, 2.05) is 0 Å². The zero-order valence-corrected chi connectivity index (χ0v) is 8.50. The van der Waals surface area contributed by atoms with Crippen LogP contribution in [0.25, 0.3) is 11.1 Å². The molecule has 2 N–H and O–H groups in total. The molecule has 0 aliphatic heterocycles. The lowest BCUT2D eigenvalue weighted by atomic mass is 10.1. The highest BCUT2D eigenvalue weighted by Crippen LogP contribution is 2.24. The summed E-state index contributed by atoms with van der Waals surface area (Å²) in [5, 5.41) is 0.279. The number of benzene rings is 1. The molecular formula is C11H8ClFN2. The first kappa shape index (κ1) is 9.93. The molecule has 0 atom stereocenters. The number of aromatic nitrogens is 1. The van der Waals surface area contributed by atoms with Crippen LogP contribution in [-0.2, 0) is 0 Å². The van der Waals surface area contributed by atoms with Crippen LogP contribution in [0.2, 0.25) is 5.15 Å². The molecule has 0 unspecified atom stereocenters. The van der Waals surface area contributed by atoms with Crippen molar-refractivity contribution >= 4 is 17.3 Å². The molecule has 1 aromatic heterocycles. The molecule has 0 aliphatic carbocycles. The van der Waals surface area contributed by atoms with Crippen molar-refractivity contribution in [1.29, 1.82) is 0 Å². The summed E-state index contributed by atoms with van der Waals surface area (Å²) in [4.78, 5) is 3.92. The molecule has 1 heterocycles. The maximum Gasteiger partial charge on any atom is 0.151 e. The van der Waals surface area contributed by atoms with Crippen LogP contribution < -0.4 is 5.73 Å². The highest BCUT2D eigenvalue weighted by Gasteiger charge is 2.02. The van der Waals surface area contributed by atoms with E-state index in [9.17, 15) is 4.39 Å². The number of anilines is 1. The lowest BCUT2D eigenvalue weighted by molar-refractivity contribution is 0.628. The SMILES string of the molecule is Nc1cc(-c2ccc(F)cc2)cnc1Cl. The Bertz CT molecular complexity index is 482. The maximum atomic E-state index is 12.7. The van der Waals surface area contributed by atoms with Crippen LogP contribution >= 0.6 is 11.6 Å². The van der Waals surface area contributed by atoms with Gasteiger partial charge in [-0.15, -0.1) is 0 Å². The molecular weight excluding hydrogens is 215 g/mol. The Balaban J connectivity index is 2.45. The van der Waals surface area contributed by atoms with Crippen LogP contribution in [0, 0.1) is 5.82 Å². The van der Waals surface area contributed by atoms with Gasteiger partial charge in [-0.25, -0.2) is 9.37 Å². The molecule has 0 spiro atoms. The van der Waals surface area contributed by atoms with E-state index < -0.39 is 0 Å². The maximum absolute atomic E-state index is 12.7. The molecule has 0 saturated heterocycles. The molecule has 2 nitrogen and oxygen atoms in total. The van der Waals surface area contributed by atoms with Crippen molar-refractivity contribution in [3.05, 3.63) is 47.5 Å². The molecule has 0 amide bonds. The van der Waals surface area contributed by atoms with Gasteiger partial charge in [0.05, 0.1) is 5.69 Å². The standard InChI is InChI=1S/C11H8ClFN2/c12-11-10(14)5-8(6-15-11)7-1-3-9(13)4-2-7/h1-6H,14H2. The second-order valence-electron chi connectivity index (χ2n) is 3.11. The summed E-state index contributed by atoms with van der Waals surface area (Å²) in [6, 6.07) is 7.82. The van der Waals surface area contributed by atoms with E-state index in [0.717, 1.165) is 11.1 Å². The molecule has 2 aromatic rings. The average molecular weight is 223 g/mol. The molecule has 0 bridgehead atoms. The van der Waals surface area contributed by atoms with Gasteiger partial charge in [-0.1, -0.05) is 23.7 Å². The number of hydrogen-bond acceptors (Lipinski definition) is 2. The lowest BCUT2D eigenvalue weighted by Crippen LogP contribution is -1.90. The molecule has 4 heteroatoms. The number of halogens is 2. The van der Waals surface area contributed by atoms with Crippen LogP contribution in [0.4, 0.5) is 10.1 Å². The van der Waals surface area contributed by atoms with Crippen molar-refractivity contribution in [2.24, 2.45) is 0 Å². The highest BCUT2D eigenvalue weighted by molar-refractivity contribution is 6.31. The van der Waals surface area contributed by atoms with Gasteiger partial charge in [0, 0.05) is 11.8 Å². The molecule has 0 radical (unpaired) electrons. The zero-order valence-electron chi connectivity index (χ0n) is 7.74. The summed E-state index contributed by atoms with van der Waals surface area (Å²) in [5.74, 6) is -0.270. The number of pyridine rings is 1. The van der Waals surface area contributed by atoms with Gasteiger partial charge in [0.2, 0.25) is 0 Å². The van der Waals surface area contributed by atoms with Gasteiger partial charge in [0.1, 0.15) is 5.82 Å². The predicted octanol–water partition coefficient (Wildman–Crippen LogP) is 3.12. The third-order valence-corrected chi connectivity index (χ3v) is 2.36. The molecule has 2 rings (SSSR count). The topological polar surface area (TPSA) is 38.9 Å². The fourth-order valence-electron chi connectivity index (χ4n) is 1.27. The summed E-state index contributed by atoms with van der Waals surface area (Å²) in [5.41, 5.74) is 7.71. The minimum atomic E-state index is -0.270. The van der Waals surface area contributed by atoms with Gasteiger partial charge in [0.15, 0.2) is 5.15 Å². The second-order valence-corrected chi connectivity index (χ2v) is 3.47. The van der Waals surface area contributed by atoms with Crippen molar-refractivity contribution in [2.45, 2.75) is 0 Å². The van der Waals surface area contributed by atoms with Crippen molar-refractivity contribution in [1.82, 2.24) is 4.98 Å². The molecule has 0 fully saturated rings. The van der Waals surface area contributed by atoms with Gasteiger partial charge >= 0.3 is 0 Å². The molecule has 1 aromatic carbocycles. The zero-order chi connectivity index (χ0) is 10.8. The van der Waals surface area contributed by atoms with Crippen LogP contribution in [0.5, 0.6) is 0 Å². The molecule has 0 aliphatic rings. The smallest absolute Gasteiger partial charge is 0.151 e. The van der Waals surface area contributed by atoms with Gasteiger partial charge in [0.25, 0.3) is 0 Å². The van der Waals surface area contributed by atoms with E-state index in [-0.39, 0.29) is 11.0 Å². The quantitative estimate of drug-likeness (QED) is 0.753. The summed E-state index contributed by atoms with van der Waals surface area (Å²) in [6.07, 6.45) is 1.60. The Hall–Kier alpha value is -1.61. The first-order valence-electron chi connectivity index (χ1n) is 4.34. The monoisotopic (exact) mass is 222 g/mol. The minimum Gasteiger partial charge on any atom is -0.396 e. The number of nitrogen functional groups attached to an aromatic ring is 1. The fraction of sp³-hybridized carbons (Fsp3) is 0. The first-order valence-corrected chi connectivity index (χ1v) is 4.71. The average Bonchev–Trinajstić information content (AvgIpc) is 2.23. The summed E-state index contributed by atoms with van der Waals surface area (Å²) >= 11 is 5.70. The first-order chi connectivity index (χ1) is 7.16. The number of hydrogen-bond donors (Lipinski definition) is 1. The van der Waals surface area contributed by atoms with Gasteiger partial charge in [-0.2, -0.15) is 0 Å². The number of nitrogens with two attached hydrogens (primary N) is 1. The van der Waals surface area contributed by atoms with Gasteiger partial charge in [-0.05, 0) is 23.8 Å². The lowest BCUT2D eigenvalue weighted by Gasteiger charge is -2.03. The Kier molecular flexibility index (Phi) is 2.56. The van der Waals surface area contributed by atoms with E-state index in [2.05, 4.69) is 4.98 Å². The molecule has 0 saturated carbocycles. The highest BCUT2D eigenvalue weighted by atomic mass is 35.5. The van der Waals surface area contributed by atoms with E-state index in [0.29, 0.717) is 5.69 Å². The van der Waals surface area contributed by atoms with E-state index in [4.69, 9.17) is 17.3 Å². The van der Waals surface area contributed by atoms with Crippen LogP contribution in [0.15, 0.2) is 36.5 Å².